The molecule has 8 aliphatic rings. The first kappa shape index (κ1) is 51.9. The van der Waals surface area contributed by atoms with Crippen LogP contribution in [0.1, 0.15) is 106 Å². The van der Waals surface area contributed by atoms with Crippen molar-refractivity contribution in [2.75, 3.05) is 19.8 Å². The Bertz CT molecular complexity index is 1830. The van der Waals surface area contributed by atoms with E-state index >= 15 is 0 Å². The van der Waals surface area contributed by atoms with Crippen LogP contribution in [0.15, 0.2) is 11.6 Å². The second-order valence-corrected chi connectivity index (χ2v) is 23.6. The molecule has 0 radical (unpaired) electrons. The zero-order valence-electron chi connectivity index (χ0n) is 39.8. The average Bonchev–Trinajstić information content (AvgIpc) is 3.26. The van der Waals surface area contributed by atoms with Gasteiger partial charge in [0, 0.05) is 0 Å². The lowest BCUT2D eigenvalue weighted by Crippen LogP contribution is -2.69. The van der Waals surface area contributed by atoms with Crippen LogP contribution in [0, 0.1) is 50.2 Å². The molecule has 19 nitrogen and oxygen atoms in total. The topological polar surface area (TPSA) is 315 Å². The molecule has 7 fully saturated rings. The van der Waals surface area contributed by atoms with Crippen LogP contribution < -0.4 is 0 Å². The average molecular weight is 959 g/mol. The first-order valence-corrected chi connectivity index (χ1v) is 24.4. The Hall–Kier alpha value is -1.47. The Kier molecular flexibility index (Phi) is 14.1. The number of carbonyl (C=O) groups is 1. The van der Waals surface area contributed by atoms with Gasteiger partial charge < -0.3 is 89.7 Å². The number of allylic oxidation sites excluding steroid dienone is 2. The summed E-state index contributed by atoms with van der Waals surface area (Å²) in [6.45, 7) is 13.3. The maximum Gasteiger partial charge on any atom is 0.312 e. The third kappa shape index (κ3) is 8.01. The molecule has 3 saturated heterocycles. The van der Waals surface area contributed by atoms with E-state index in [-0.39, 0.29) is 34.0 Å². The fourth-order valence-corrected chi connectivity index (χ4v) is 15.2. The van der Waals surface area contributed by atoms with Crippen molar-refractivity contribution in [2.45, 2.75) is 211 Å². The summed E-state index contributed by atoms with van der Waals surface area (Å²) in [5.41, 5.74) is -1.70. The lowest BCUT2D eigenvalue weighted by Gasteiger charge is -2.71. The van der Waals surface area contributed by atoms with Crippen LogP contribution in [0.5, 0.6) is 0 Å². The highest BCUT2D eigenvalue weighted by molar-refractivity contribution is 5.77. The van der Waals surface area contributed by atoms with E-state index < -0.39 is 146 Å². The molecule has 4 saturated carbocycles. The van der Waals surface area contributed by atoms with Gasteiger partial charge in [0.15, 0.2) is 18.9 Å². The highest BCUT2D eigenvalue weighted by Gasteiger charge is 2.72. The zero-order valence-corrected chi connectivity index (χ0v) is 39.8. The summed E-state index contributed by atoms with van der Waals surface area (Å²) >= 11 is 0. The Morgan fingerprint density at radius 1 is 0.612 bits per heavy atom. The van der Waals surface area contributed by atoms with Crippen molar-refractivity contribution in [3.8, 4) is 0 Å². The van der Waals surface area contributed by atoms with E-state index in [9.17, 15) is 66.1 Å². The highest BCUT2D eigenvalue weighted by atomic mass is 16.8. The van der Waals surface area contributed by atoms with E-state index in [1.165, 1.54) is 5.57 Å². The number of carboxylic acids is 1. The summed E-state index contributed by atoms with van der Waals surface area (Å²) in [5.74, 6) is -0.979. The number of fused-ring (bicyclic) bond motifs is 7. The Morgan fingerprint density at radius 3 is 1.70 bits per heavy atom. The van der Waals surface area contributed by atoms with Crippen molar-refractivity contribution < 1.29 is 94.5 Å². The van der Waals surface area contributed by atoms with E-state index in [0.717, 1.165) is 25.7 Å². The van der Waals surface area contributed by atoms with E-state index in [1.807, 2.05) is 0 Å². The van der Waals surface area contributed by atoms with Gasteiger partial charge in [0.05, 0.1) is 32.0 Å². The quantitative estimate of drug-likeness (QED) is 0.0986. The van der Waals surface area contributed by atoms with Crippen LogP contribution in [0.2, 0.25) is 0 Å². The molecule has 0 bridgehead atoms. The molecule has 3 aliphatic heterocycles. The van der Waals surface area contributed by atoms with Gasteiger partial charge in [-0.25, -0.2) is 0 Å². The molecule has 0 aromatic carbocycles. The van der Waals surface area contributed by atoms with E-state index in [0.29, 0.717) is 32.1 Å². The molecule has 24 atom stereocenters. The molecule has 0 unspecified atom stereocenters. The number of aliphatic carboxylic acids is 1. The molecule has 5 aliphatic carbocycles. The summed E-state index contributed by atoms with van der Waals surface area (Å²) in [5, 5.41) is 130. The summed E-state index contributed by atoms with van der Waals surface area (Å²) in [6.07, 6.45) is -18.9. The summed E-state index contributed by atoms with van der Waals surface area (Å²) in [4.78, 5) is 13.2. The van der Waals surface area contributed by atoms with Crippen molar-refractivity contribution in [1.29, 1.82) is 0 Å². The SMILES string of the molecule is CC1(C)CC[C@]2(C(=O)O)[C@H](O)C[C@]3(C)C(=CC[C@@H]4[C@@]5(C)CC[C@H](O[C@@H]6O[C@H](CO)[C@@H](O)[C@H](O[C@@H]7O[C@H](CO)[C@@H](O)[C@H](O)[C@H]7O)[C@H]6O[C@@H]6O[C@H](CO)[C@@H](O)[C@H](O)[C@H]6O)C(C)(C)[C@@H]5CC[C@]43C)[C@@H]2C1. The third-order valence-corrected chi connectivity index (χ3v) is 19.4. The number of hydrogen-bond donors (Lipinski definition) is 12. The molecule has 384 valence electrons. The highest BCUT2D eigenvalue weighted by Crippen LogP contribution is 2.76. The predicted octanol–water partition coefficient (Wildman–Crippen LogP) is -0.323. The van der Waals surface area contributed by atoms with E-state index in [2.05, 4.69) is 54.5 Å². The second-order valence-electron chi connectivity index (χ2n) is 23.6. The van der Waals surface area contributed by atoms with Crippen LogP contribution in [0.25, 0.3) is 0 Å². The lowest BCUT2D eigenvalue weighted by molar-refractivity contribution is -0.399. The molecule has 12 N–H and O–H groups in total. The summed E-state index contributed by atoms with van der Waals surface area (Å²) in [7, 11) is 0. The molecule has 0 amide bonds. The van der Waals surface area contributed by atoms with Gasteiger partial charge in [-0.15, -0.1) is 0 Å². The molecule has 0 aromatic rings. The van der Waals surface area contributed by atoms with Gasteiger partial charge in [-0.2, -0.15) is 0 Å². The smallest absolute Gasteiger partial charge is 0.312 e. The van der Waals surface area contributed by atoms with Crippen molar-refractivity contribution in [1.82, 2.24) is 0 Å². The molecule has 0 aromatic heterocycles. The van der Waals surface area contributed by atoms with Crippen molar-refractivity contribution in [2.24, 2.45) is 50.2 Å². The number of carboxylic acid groups (broad SMARTS) is 1. The number of rotatable bonds is 10. The van der Waals surface area contributed by atoms with Gasteiger partial charge in [0.25, 0.3) is 0 Å². The van der Waals surface area contributed by atoms with Crippen LogP contribution in [0.4, 0.5) is 0 Å². The summed E-state index contributed by atoms with van der Waals surface area (Å²) in [6, 6.07) is 0. The normalized spacial score (nSPS) is 53.9. The first-order valence-electron chi connectivity index (χ1n) is 24.4. The van der Waals surface area contributed by atoms with E-state index in [4.69, 9.17) is 28.4 Å². The van der Waals surface area contributed by atoms with Crippen molar-refractivity contribution in [3.05, 3.63) is 11.6 Å². The Morgan fingerprint density at radius 2 is 1.15 bits per heavy atom. The molecule has 8 rings (SSSR count). The minimum absolute atomic E-state index is 0.0596. The predicted molar refractivity (Wildman–Crippen MR) is 232 cm³/mol. The minimum atomic E-state index is -1.92. The summed E-state index contributed by atoms with van der Waals surface area (Å²) < 4.78 is 37.0. The Labute approximate surface area is 392 Å². The Balaban J connectivity index is 1.10. The van der Waals surface area contributed by atoms with Crippen molar-refractivity contribution in [3.63, 3.8) is 0 Å². The maximum atomic E-state index is 13.2. The van der Waals surface area contributed by atoms with Crippen LogP contribution >= 0.6 is 0 Å². The fourth-order valence-electron chi connectivity index (χ4n) is 15.2. The number of aliphatic hydroxyl groups is 11. The largest absolute Gasteiger partial charge is 0.481 e. The molecule has 67 heavy (non-hydrogen) atoms. The lowest BCUT2D eigenvalue weighted by atomic mass is 9.33. The number of hydrogen-bond acceptors (Lipinski definition) is 18. The van der Waals surface area contributed by atoms with Gasteiger partial charge in [0.1, 0.15) is 78.7 Å². The van der Waals surface area contributed by atoms with Crippen LogP contribution in [-0.4, -0.2) is 191 Å². The van der Waals surface area contributed by atoms with Gasteiger partial charge in [-0.05, 0) is 103 Å². The van der Waals surface area contributed by atoms with Gasteiger partial charge in [-0.1, -0.05) is 60.1 Å². The van der Waals surface area contributed by atoms with Gasteiger partial charge >= 0.3 is 5.97 Å². The standard InChI is InChI=1S/C48H78O19/c1-43(2)14-15-48(42(60)61)22(16-43)21-8-9-27-45(5)12-11-29(44(3,4)26(45)10-13-46(27,6)47(21,7)17-28(48)52)65-41-38(67-40-36(59)34(57)31(54)24(19-50)63-40)37(32(55)25(20-51)64-41)66-39-35(58)33(56)30(53)23(18-49)62-39/h8,22-41,49-59H,9-20H2,1-7H3,(H,60,61)/t22-,23+,24+,25+,26-,27+,28+,29-,30+,31+,32+,33-,34-,35+,36+,37-,38+,39-,40-,41-,45-,46+,47+,48+/m0/s1. The van der Waals surface area contributed by atoms with Gasteiger partial charge in [0.2, 0.25) is 0 Å². The monoisotopic (exact) mass is 959 g/mol. The molecule has 19 heteroatoms. The fraction of sp³-hybridized carbons (Fsp3) is 0.938. The maximum absolute atomic E-state index is 13.2. The zero-order chi connectivity index (χ0) is 49.1. The minimum Gasteiger partial charge on any atom is -0.481 e. The van der Waals surface area contributed by atoms with Crippen LogP contribution in [-0.2, 0) is 33.2 Å². The molecule has 3 heterocycles. The molecule has 0 spiro atoms. The third-order valence-electron chi connectivity index (χ3n) is 19.4. The van der Waals surface area contributed by atoms with Crippen LogP contribution in [0.3, 0.4) is 0 Å². The molecular formula is C48H78O19. The number of aliphatic hydroxyl groups excluding tert-OH is 11. The molecular weight excluding hydrogens is 881 g/mol. The first-order chi connectivity index (χ1) is 31.3. The van der Waals surface area contributed by atoms with E-state index in [1.54, 1.807) is 0 Å². The van der Waals surface area contributed by atoms with Crippen molar-refractivity contribution >= 4 is 5.97 Å². The second kappa shape index (κ2) is 18.2. The number of ether oxygens (including phenoxy) is 6. The van der Waals surface area contributed by atoms with Gasteiger partial charge in [-0.3, -0.25) is 4.79 Å².